The Balaban J connectivity index is 2.64. The van der Waals surface area contributed by atoms with Gasteiger partial charge in [0.05, 0.1) is 0 Å². The molecular weight excluding hydrogens is 250 g/mol. The summed E-state index contributed by atoms with van der Waals surface area (Å²) in [5.74, 6) is -0.239. The lowest BCUT2D eigenvalue weighted by atomic mass is 10.1. The molecule has 2 unspecified atom stereocenters. The van der Waals surface area contributed by atoms with Crippen LogP contribution in [0, 0.1) is 0 Å². The van der Waals surface area contributed by atoms with Gasteiger partial charge < -0.3 is 10.4 Å². The Morgan fingerprint density at radius 3 is 2.50 bits per heavy atom. The summed E-state index contributed by atoms with van der Waals surface area (Å²) in [4.78, 5) is 22.8. The number of hydrogen-bond donors (Lipinski definition) is 2. The molecule has 1 fully saturated rings. The summed E-state index contributed by atoms with van der Waals surface area (Å²) >= 11 is 1.87. The van der Waals surface area contributed by atoms with Gasteiger partial charge in [0.2, 0.25) is 5.91 Å². The summed E-state index contributed by atoms with van der Waals surface area (Å²) in [6, 6.07) is 0.180. The fourth-order valence-electron chi connectivity index (χ4n) is 2.11. The number of aliphatic carboxylic acids is 1. The van der Waals surface area contributed by atoms with Gasteiger partial charge in [0, 0.05) is 22.4 Å². The number of hydrogen-bond acceptors (Lipinski definition) is 3. The molecular formula is C13H21NO3S. The van der Waals surface area contributed by atoms with E-state index in [4.69, 9.17) is 5.11 Å². The van der Waals surface area contributed by atoms with E-state index in [1.54, 1.807) is 6.92 Å². The van der Waals surface area contributed by atoms with Gasteiger partial charge >= 0.3 is 5.97 Å². The van der Waals surface area contributed by atoms with Crippen LogP contribution >= 0.6 is 11.8 Å². The van der Waals surface area contributed by atoms with Crippen molar-refractivity contribution in [3.05, 3.63) is 11.1 Å². The van der Waals surface area contributed by atoms with E-state index in [0.717, 1.165) is 25.0 Å². The van der Waals surface area contributed by atoms with Gasteiger partial charge in [0.15, 0.2) is 0 Å². The molecule has 102 valence electrons. The number of rotatable bonds is 5. The van der Waals surface area contributed by atoms with Gasteiger partial charge in [0.25, 0.3) is 0 Å². The molecule has 0 aromatic heterocycles. The molecule has 0 aromatic rings. The average molecular weight is 271 g/mol. The minimum absolute atomic E-state index is 0.116. The Bertz CT molecular complexity index is 365. The quantitative estimate of drug-likeness (QED) is 0.752. The molecule has 18 heavy (non-hydrogen) atoms. The van der Waals surface area contributed by atoms with Crippen LogP contribution in [0.25, 0.3) is 0 Å². The molecule has 0 spiro atoms. The summed E-state index contributed by atoms with van der Waals surface area (Å²) < 4.78 is 0. The molecule has 0 heterocycles. The standard InChI is InChI=1S/C13H21NO3S/c1-4-18-11-7-5-6-10(11)14-12(15)8(2)9(3)13(16)17/h10-11H,4-7H2,1-3H3,(H,14,15)(H,16,17). The highest BCUT2D eigenvalue weighted by molar-refractivity contribution is 7.99. The molecule has 0 aliphatic heterocycles. The topological polar surface area (TPSA) is 66.4 Å². The smallest absolute Gasteiger partial charge is 0.331 e. The van der Waals surface area contributed by atoms with Crippen molar-refractivity contribution in [3.63, 3.8) is 0 Å². The van der Waals surface area contributed by atoms with Crippen molar-refractivity contribution in [2.24, 2.45) is 0 Å². The molecule has 1 saturated carbocycles. The molecule has 1 aliphatic rings. The van der Waals surface area contributed by atoms with Gasteiger partial charge in [-0.3, -0.25) is 4.79 Å². The first-order valence-electron chi connectivity index (χ1n) is 6.30. The predicted octanol–water partition coefficient (Wildman–Crippen LogP) is 2.20. The van der Waals surface area contributed by atoms with Crippen LogP contribution in [0.1, 0.15) is 40.0 Å². The van der Waals surface area contributed by atoms with Crippen molar-refractivity contribution < 1.29 is 14.7 Å². The summed E-state index contributed by atoms with van der Waals surface area (Å²) in [5.41, 5.74) is 0.417. The van der Waals surface area contributed by atoms with Crippen molar-refractivity contribution in [3.8, 4) is 0 Å². The Labute approximate surface area is 112 Å². The number of carboxylic acid groups (broad SMARTS) is 1. The third kappa shape index (κ3) is 3.77. The monoisotopic (exact) mass is 271 g/mol. The Hall–Kier alpha value is -0.970. The minimum atomic E-state index is -1.03. The highest BCUT2D eigenvalue weighted by atomic mass is 32.2. The molecule has 1 rings (SSSR count). The first kappa shape index (κ1) is 15.1. The Morgan fingerprint density at radius 2 is 1.94 bits per heavy atom. The lowest BCUT2D eigenvalue weighted by molar-refractivity contribution is -0.133. The molecule has 4 nitrogen and oxygen atoms in total. The normalized spacial score (nSPS) is 24.6. The second kappa shape index (κ2) is 6.83. The lowest BCUT2D eigenvalue weighted by Crippen LogP contribution is -2.39. The van der Waals surface area contributed by atoms with Crippen molar-refractivity contribution in [1.29, 1.82) is 0 Å². The number of amides is 1. The van der Waals surface area contributed by atoms with E-state index in [1.807, 2.05) is 11.8 Å². The van der Waals surface area contributed by atoms with Crippen molar-refractivity contribution in [1.82, 2.24) is 5.32 Å². The SMILES string of the molecule is CCSC1CCCC1NC(=O)C(C)=C(C)C(=O)O. The molecule has 2 N–H and O–H groups in total. The van der Waals surface area contributed by atoms with Crippen molar-refractivity contribution in [2.75, 3.05) is 5.75 Å². The zero-order valence-corrected chi connectivity index (χ0v) is 12.0. The third-order valence-corrected chi connectivity index (χ3v) is 4.70. The van der Waals surface area contributed by atoms with Crippen LogP contribution in [0.2, 0.25) is 0 Å². The average Bonchev–Trinajstić information content (AvgIpc) is 2.75. The Kier molecular flexibility index (Phi) is 5.72. The van der Waals surface area contributed by atoms with E-state index in [9.17, 15) is 9.59 Å². The second-order valence-corrected chi connectivity index (χ2v) is 6.08. The fourth-order valence-corrected chi connectivity index (χ4v) is 3.31. The zero-order chi connectivity index (χ0) is 13.7. The molecule has 0 saturated heterocycles. The highest BCUT2D eigenvalue weighted by Gasteiger charge is 2.29. The first-order chi connectivity index (χ1) is 8.47. The first-order valence-corrected chi connectivity index (χ1v) is 7.35. The number of nitrogens with one attached hydrogen (secondary N) is 1. The lowest BCUT2D eigenvalue weighted by Gasteiger charge is -2.20. The van der Waals surface area contributed by atoms with E-state index >= 15 is 0 Å². The van der Waals surface area contributed by atoms with Gasteiger partial charge in [-0.25, -0.2) is 4.79 Å². The molecule has 2 atom stereocenters. The van der Waals surface area contributed by atoms with Gasteiger partial charge in [-0.15, -0.1) is 0 Å². The van der Waals surface area contributed by atoms with Gasteiger partial charge in [0.1, 0.15) is 0 Å². The van der Waals surface area contributed by atoms with E-state index in [-0.39, 0.29) is 17.5 Å². The van der Waals surface area contributed by atoms with E-state index in [0.29, 0.717) is 10.8 Å². The maximum Gasteiger partial charge on any atom is 0.331 e. The molecule has 5 heteroatoms. The van der Waals surface area contributed by atoms with E-state index < -0.39 is 5.97 Å². The summed E-state index contributed by atoms with van der Waals surface area (Å²) in [6.45, 7) is 5.14. The van der Waals surface area contributed by atoms with Crippen LogP contribution < -0.4 is 5.32 Å². The highest BCUT2D eigenvalue weighted by Crippen LogP contribution is 2.30. The van der Waals surface area contributed by atoms with E-state index in [1.165, 1.54) is 6.92 Å². The predicted molar refractivity (Wildman–Crippen MR) is 73.7 cm³/mol. The summed E-state index contributed by atoms with van der Waals surface area (Å²) in [5, 5.41) is 12.3. The van der Waals surface area contributed by atoms with Crippen LogP contribution in [-0.2, 0) is 9.59 Å². The molecule has 0 bridgehead atoms. The maximum absolute atomic E-state index is 12.0. The number of carbonyl (C=O) groups excluding carboxylic acids is 1. The molecule has 1 amide bonds. The van der Waals surface area contributed by atoms with E-state index in [2.05, 4.69) is 12.2 Å². The van der Waals surface area contributed by atoms with Gasteiger partial charge in [-0.05, 0) is 32.4 Å². The van der Waals surface area contributed by atoms with Crippen molar-refractivity contribution >= 4 is 23.6 Å². The number of carboxylic acids is 1. The van der Waals surface area contributed by atoms with Gasteiger partial charge in [-0.2, -0.15) is 11.8 Å². The largest absolute Gasteiger partial charge is 0.478 e. The molecule has 0 aromatic carbocycles. The van der Waals surface area contributed by atoms with Crippen LogP contribution in [0.4, 0.5) is 0 Å². The van der Waals surface area contributed by atoms with Crippen LogP contribution in [0.15, 0.2) is 11.1 Å². The summed E-state index contributed by atoms with van der Waals surface area (Å²) in [6.07, 6.45) is 3.25. The second-order valence-electron chi connectivity index (χ2n) is 4.56. The number of carbonyl (C=O) groups is 2. The van der Waals surface area contributed by atoms with Crippen LogP contribution in [0.3, 0.4) is 0 Å². The fraction of sp³-hybridized carbons (Fsp3) is 0.692. The van der Waals surface area contributed by atoms with Crippen LogP contribution in [-0.4, -0.2) is 34.0 Å². The molecule has 0 radical (unpaired) electrons. The Morgan fingerprint density at radius 1 is 1.28 bits per heavy atom. The van der Waals surface area contributed by atoms with Crippen molar-refractivity contribution in [2.45, 2.75) is 51.3 Å². The zero-order valence-electron chi connectivity index (χ0n) is 11.2. The summed E-state index contributed by atoms with van der Waals surface area (Å²) in [7, 11) is 0. The minimum Gasteiger partial charge on any atom is -0.478 e. The maximum atomic E-state index is 12.0. The number of thioether (sulfide) groups is 1. The third-order valence-electron chi connectivity index (χ3n) is 3.37. The van der Waals surface area contributed by atoms with Crippen LogP contribution in [0.5, 0.6) is 0 Å². The molecule has 1 aliphatic carbocycles. The van der Waals surface area contributed by atoms with Gasteiger partial charge in [-0.1, -0.05) is 13.3 Å².